The first-order valence-electron chi connectivity index (χ1n) is 11.7. The lowest BCUT2D eigenvalue weighted by Gasteiger charge is -2.37. The Labute approximate surface area is 199 Å². The predicted octanol–water partition coefficient (Wildman–Crippen LogP) is 4.28. The highest BCUT2D eigenvalue weighted by Crippen LogP contribution is 2.39. The third-order valence-corrected chi connectivity index (χ3v) is 6.87. The molecule has 0 bridgehead atoms. The second-order valence-electron chi connectivity index (χ2n) is 8.98. The lowest BCUT2D eigenvalue weighted by Crippen LogP contribution is -2.40. The maximum atomic E-state index is 13.2. The fraction of sp³-hybridized carbons (Fsp3) is 0.321. The van der Waals surface area contributed by atoms with Gasteiger partial charge < -0.3 is 14.4 Å². The molecular weight excluding hydrogens is 428 g/mol. The van der Waals surface area contributed by atoms with Gasteiger partial charge in [0.25, 0.3) is 5.91 Å². The molecule has 1 fully saturated rings. The molecule has 1 amide bonds. The van der Waals surface area contributed by atoms with E-state index in [1.807, 2.05) is 29.2 Å². The van der Waals surface area contributed by atoms with Gasteiger partial charge in [0.2, 0.25) is 5.88 Å². The molecular formula is C28H28N2O4. The number of aromatic nitrogens is 1. The third kappa shape index (κ3) is 4.53. The molecule has 0 saturated carbocycles. The van der Waals surface area contributed by atoms with Gasteiger partial charge in [-0.2, -0.15) is 0 Å². The van der Waals surface area contributed by atoms with Crippen LogP contribution in [0.3, 0.4) is 0 Å². The summed E-state index contributed by atoms with van der Waals surface area (Å²) >= 11 is 0. The molecule has 0 aliphatic carbocycles. The van der Waals surface area contributed by atoms with Crippen LogP contribution in [0.4, 0.5) is 0 Å². The van der Waals surface area contributed by atoms with Gasteiger partial charge in [-0.3, -0.25) is 9.59 Å². The van der Waals surface area contributed by atoms with Gasteiger partial charge in [0.05, 0.1) is 7.11 Å². The van der Waals surface area contributed by atoms with E-state index in [1.165, 1.54) is 11.1 Å². The number of methoxy groups -OCH3 is 1. The average Bonchev–Trinajstić information content (AvgIpc) is 2.89. The fourth-order valence-electron chi connectivity index (χ4n) is 5.16. The van der Waals surface area contributed by atoms with E-state index in [2.05, 4.69) is 35.3 Å². The second kappa shape index (κ2) is 9.67. The number of carbonyl (C=O) groups is 2. The fourth-order valence-corrected chi connectivity index (χ4v) is 5.16. The average molecular weight is 457 g/mol. The molecule has 3 aromatic rings. The number of carbonyl (C=O) groups excluding carboxylic acids is 2. The molecule has 0 unspecified atom stereocenters. The molecule has 174 valence electrons. The van der Waals surface area contributed by atoms with Crippen molar-refractivity contribution in [2.24, 2.45) is 5.92 Å². The van der Waals surface area contributed by atoms with E-state index < -0.39 is 0 Å². The molecule has 1 saturated heterocycles. The van der Waals surface area contributed by atoms with E-state index in [9.17, 15) is 9.59 Å². The topological polar surface area (TPSA) is 68.7 Å². The Kier molecular flexibility index (Phi) is 6.30. The maximum absolute atomic E-state index is 13.2. The van der Waals surface area contributed by atoms with E-state index >= 15 is 0 Å². The lowest BCUT2D eigenvalue weighted by molar-refractivity contribution is -0.121. The third-order valence-electron chi connectivity index (χ3n) is 6.87. The van der Waals surface area contributed by atoms with Gasteiger partial charge in [-0.15, -0.1) is 0 Å². The summed E-state index contributed by atoms with van der Waals surface area (Å²) in [5.41, 5.74) is 3.86. The summed E-state index contributed by atoms with van der Waals surface area (Å²) in [4.78, 5) is 31.2. The standard InChI is InChI=1S/C28H28N2O4/c1-33-26-17-21(9-12-29-26)27(19-5-3-2-4-6-19)20-10-13-30(14-11-20)28(32)22-7-8-25-23(15-22)16-24(31)18-34-25/h2-9,12,15,17,20,27H,10-11,13-14,16,18H2,1H3/t27-/m1/s1. The Morgan fingerprint density at radius 3 is 2.62 bits per heavy atom. The Morgan fingerprint density at radius 2 is 1.85 bits per heavy atom. The number of piperidine rings is 1. The quantitative estimate of drug-likeness (QED) is 0.573. The van der Waals surface area contributed by atoms with Crippen molar-refractivity contribution in [1.82, 2.24) is 9.88 Å². The number of amides is 1. The summed E-state index contributed by atoms with van der Waals surface area (Å²) in [7, 11) is 1.64. The van der Waals surface area contributed by atoms with Gasteiger partial charge in [-0.05, 0) is 54.2 Å². The summed E-state index contributed by atoms with van der Waals surface area (Å²) < 4.78 is 10.8. The van der Waals surface area contributed by atoms with Gasteiger partial charge in [0.15, 0.2) is 5.78 Å². The zero-order valence-corrected chi connectivity index (χ0v) is 19.3. The monoisotopic (exact) mass is 456 g/mol. The summed E-state index contributed by atoms with van der Waals surface area (Å²) in [5, 5.41) is 0. The Morgan fingerprint density at radius 1 is 1.06 bits per heavy atom. The van der Waals surface area contributed by atoms with Gasteiger partial charge >= 0.3 is 0 Å². The van der Waals surface area contributed by atoms with Gasteiger partial charge in [0.1, 0.15) is 12.4 Å². The number of likely N-dealkylation sites (tertiary alicyclic amines) is 1. The van der Waals surface area contributed by atoms with Crippen molar-refractivity contribution < 1.29 is 19.1 Å². The van der Waals surface area contributed by atoms with Crippen molar-refractivity contribution in [3.63, 3.8) is 0 Å². The van der Waals surface area contributed by atoms with Crippen LogP contribution in [-0.4, -0.2) is 48.4 Å². The Hall–Kier alpha value is -3.67. The minimum absolute atomic E-state index is 0.0149. The van der Waals surface area contributed by atoms with Gasteiger partial charge in [-0.1, -0.05) is 30.3 Å². The highest BCUT2D eigenvalue weighted by molar-refractivity contribution is 5.95. The molecule has 1 atom stereocenters. The van der Waals surface area contributed by atoms with E-state index in [-0.39, 0.29) is 24.2 Å². The molecule has 0 N–H and O–H groups in total. The van der Waals surface area contributed by atoms with Crippen molar-refractivity contribution in [3.05, 3.63) is 89.1 Å². The van der Waals surface area contributed by atoms with E-state index in [0.29, 0.717) is 42.6 Å². The van der Waals surface area contributed by atoms with Crippen molar-refractivity contribution in [1.29, 1.82) is 0 Å². The largest absolute Gasteiger partial charge is 0.486 e. The number of benzene rings is 2. The van der Waals surface area contributed by atoms with Crippen LogP contribution in [0.1, 0.15) is 45.8 Å². The number of hydrogen-bond acceptors (Lipinski definition) is 5. The Balaban J connectivity index is 1.33. The number of ether oxygens (including phenoxy) is 2. The van der Waals surface area contributed by atoms with Crippen LogP contribution < -0.4 is 9.47 Å². The lowest BCUT2D eigenvalue weighted by atomic mass is 9.76. The molecule has 1 aromatic heterocycles. The molecule has 2 aliphatic rings. The predicted molar refractivity (Wildman–Crippen MR) is 128 cm³/mol. The summed E-state index contributed by atoms with van der Waals surface area (Å²) in [6.45, 7) is 1.50. The van der Waals surface area contributed by atoms with Gasteiger partial charge in [0, 0.05) is 48.8 Å². The number of rotatable bonds is 5. The first kappa shape index (κ1) is 22.1. The minimum Gasteiger partial charge on any atom is -0.486 e. The highest BCUT2D eigenvalue weighted by atomic mass is 16.5. The SMILES string of the molecule is COc1cc([C@H](c2ccccc2)C2CCN(C(=O)c3ccc4c(c3)CC(=O)CO4)CC2)ccn1. The summed E-state index contributed by atoms with van der Waals surface area (Å²) in [6, 6.07) is 20.0. The Bertz CT molecular complexity index is 1190. The van der Waals surface area contributed by atoms with Crippen LogP contribution in [0.5, 0.6) is 11.6 Å². The number of ketones is 1. The van der Waals surface area contributed by atoms with Crippen LogP contribution >= 0.6 is 0 Å². The molecule has 6 nitrogen and oxygen atoms in total. The van der Waals surface area contributed by atoms with Crippen molar-refractivity contribution >= 4 is 11.7 Å². The normalized spacial score (nSPS) is 17.0. The molecule has 6 heteroatoms. The summed E-state index contributed by atoms with van der Waals surface area (Å²) in [5.74, 6) is 1.98. The van der Waals surface area contributed by atoms with E-state index in [1.54, 1.807) is 19.4 Å². The minimum atomic E-state index is 0.0149. The number of hydrogen-bond donors (Lipinski definition) is 0. The first-order valence-corrected chi connectivity index (χ1v) is 11.7. The zero-order valence-electron chi connectivity index (χ0n) is 19.3. The zero-order chi connectivity index (χ0) is 23.5. The number of nitrogens with zero attached hydrogens (tertiary/aromatic N) is 2. The smallest absolute Gasteiger partial charge is 0.253 e. The van der Waals surface area contributed by atoms with Crippen molar-refractivity contribution in [3.8, 4) is 11.6 Å². The maximum Gasteiger partial charge on any atom is 0.253 e. The molecule has 3 heterocycles. The van der Waals surface area contributed by atoms with Crippen molar-refractivity contribution in [2.45, 2.75) is 25.2 Å². The van der Waals surface area contributed by atoms with Gasteiger partial charge in [-0.25, -0.2) is 4.98 Å². The van der Waals surface area contributed by atoms with E-state index in [4.69, 9.17) is 9.47 Å². The van der Waals surface area contributed by atoms with Crippen LogP contribution in [0, 0.1) is 5.92 Å². The molecule has 0 spiro atoms. The summed E-state index contributed by atoms with van der Waals surface area (Å²) in [6.07, 6.45) is 3.94. The molecule has 5 rings (SSSR count). The second-order valence-corrected chi connectivity index (χ2v) is 8.98. The number of pyridine rings is 1. The van der Waals surface area contributed by atoms with Crippen LogP contribution in [0.25, 0.3) is 0 Å². The molecule has 0 radical (unpaired) electrons. The highest BCUT2D eigenvalue weighted by Gasteiger charge is 2.31. The first-order chi connectivity index (χ1) is 16.6. The molecule has 2 aromatic carbocycles. The van der Waals surface area contributed by atoms with E-state index in [0.717, 1.165) is 18.4 Å². The molecule has 2 aliphatic heterocycles. The van der Waals surface area contributed by atoms with Crippen LogP contribution in [0.15, 0.2) is 66.9 Å². The molecule has 34 heavy (non-hydrogen) atoms. The van der Waals surface area contributed by atoms with Crippen LogP contribution in [-0.2, 0) is 11.2 Å². The van der Waals surface area contributed by atoms with Crippen LogP contribution in [0.2, 0.25) is 0 Å². The van der Waals surface area contributed by atoms with Crippen molar-refractivity contribution in [2.75, 3.05) is 26.8 Å². The number of Topliss-reactive ketones (excluding diaryl/α,β-unsaturated/α-hetero) is 1. The number of fused-ring (bicyclic) bond motifs is 1.